The molecule has 1 saturated heterocycles. The predicted octanol–water partition coefficient (Wildman–Crippen LogP) is 7.66. The maximum Gasteiger partial charge on any atom is 0.0764 e. The molecule has 1 fully saturated rings. The molecule has 0 saturated carbocycles. The van der Waals surface area contributed by atoms with Crippen molar-refractivity contribution in [2.45, 2.75) is 31.3 Å². The van der Waals surface area contributed by atoms with Gasteiger partial charge >= 0.3 is 0 Å². The quantitative estimate of drug-likeness (QED) is 0.246. The smallest absolute Gasteiger partial charge is 0.0764 e. The molecule has 0 aliphatic carbocycles. The molecule has 0 amide bonds. The highest BCUT2D eigenvalue weighted by Crippen LogP contribution is 2.41. The largest absolute Gasteiger partial charge is 0.297 e. The third-order valence-corrected chi connectivity index (χ3v) is 7.38. The molecule has 1 aromatic heterocycles. The first-order valence-corrected chi connectivity index (χ1v) is 12.2. The van der Waals surface area contributed by atoms with Crippen molar-refractivity contribution >= 4 is 48.0 Å². The highest BCUT2D eigenvalue weighted by atomic mass is 35.5. The second-order valence-corrected chi connectivity index (χ2v) is 9.67. The highest BCUT2D eigenvalue weighted by molar-refractivity contribution is 6.35. The number of hydrogen-bond donors (Lipinski definition) is 0. The van der Waals surface area contributed by atoms with E-state index in [9.17, 15) is 0 Å². The summed E-state index contributed by atoms with van der Waals surface area (Å²) in [7, 11) is 0. The second kappa shape index (κ2) is 12.3. The Morgan fingerprint density at radius 3 is 1.91 bits per heavy atom. The molecular weight excluding hydrogens is 520 g/mol. The summed E-state index contributed by atoms with van der Waals surface area (Å²) in [5, 5.41) is 6.12. The van der Waals surface area contributed by atoms with E-state index < -0.39 is 0 Å². The van der Waals surface area contributed by atoms with Gasteiger partial charge in [0.25, 0.3) is 0 Å². The molecule has 184 valence electrons. The summed E-state index contributed by atoms with van der Waals surface area (Å²) >= 11 is 12.4. The fourth-order valence-corrected chi connectivity index (χ4v) is 5.45. The van der Waals surface area contributed by atoms with Crippen LogP contribution < -0.4 is 0 Å². The van der Waals surface area contributed by atoms with Gasteiger partial charge in [0.05, 0.1) is 12.2 Å². The highest BCUT2D eigenvalue weighted by Gasteiger charge is 2.37. The van der Waals surface area contributed by atoms with E-state index in [1.54, 1.807) is 6.07 Å². The lowest BCUT2D eigenvalue weighted by atomic mass is 9.68. The van der Waals surface area contributed by atoms with E-state index in [-0.39, 0.29) is 30.2 Å². The molecule has 0 radical (unpaired) electrons. The van der Waals surface area contributed by atoms with Gasteiger partial charge in [0, 0.05) is 28.2 Å². The number of nitrogens with zero attached hydrogens (tertiary/aromatic N) is 3. The van der Waals surface area contributed by atoms with Crippen LogP contribution in [0.2, 0.25) is 10.0 Å². The zero-order chi connectivity index (χ0) is 22.7. The Hall–Kier alpha value is -2.01. The van der Waals surface area contributed by atoms with Crippen LogP contribution >= 0.6 is 48.0 Å². The molecule has 0 bridgehead atoms. The van der Waals surface area contributed by atoms with Gasteiger partial charge in [-0.15, -0.1) is 24.8 Å². The Morgan fingerprint density at radius 1 is 0.743 bits per heavy atom. The van der Waals surface area contributed by atoms with Gasteiger partial charge in [0.2, 0.25) is 0 Å². The molecule has 3 nitrogen and oxygen atoms in total. The Balaban J connectivity index is 0.00000171. The number of aromatic nitrogens is 2. The molecule has 0 unspecified atom stereocenters. The lowest BCUT2D eigenvalue weighted by molar-refractivity contribution is 0.170. The van der Waals surface area contributed by atoms with Gasteiger partial charge < -0.3 is 0 Å². The van der Waals surface area contributed by atoms with Crippen molar-refractivity contribution in [1.29, 1.82) is 0 Å². The Bertz CT molecular complexity index is 1160. The van der Waals surface area contributed by atoms with Crippen LogP contribution in [-0.2, 0) is 18.5 Å². The number of hydrogen-bond acceptors (Lipinski definition) is 2. The summed E-state index contributed by atoms with van der Waals surface area (Å²) < 4.78 is 1.95. The molecule has 35 heavy (non-hydrogen) atoms. The SMILES string of the molecule is Cl.Cl.Clc1ccc(Cn2ccc(CN3CCC(c4ccccc4)(c4ccccc4)CC3)n2)c(Cl)c1. The van der Waals surface area contributed by atoms with Gasteiger partial charge in [-0.2, -0.15) is 5.10 Å². The molecule has 3 aromatic carbocycles. The van der Waals surface area contributed by atoms with E-state index in [0.29, 0.717) is 16.6 Å². The molecule has 2 heterocycles. The van der Waals surface area contributed by atoms with Crippen LogP contribution in [0.3, 0.4) is 0 Å². The summed E-state index contributed by atoms with van der Waals surface area (Å²) in [5.74, 6) is 0. The van der Waals surface area contributed by atoms with Crippen molar-refractivity contribution in [2.24, 2.45) is 0 Å². The maximum atomic E-state index is 6.34. The van der Waals surface area contributed by atoms with Crippen LogP contribution in [0.5, 0.6) is 0 Å². The molecule has 4 aromatic rings. The minimum atomic E-state index is 0. The third kappa shape index (κ3) is 6.22. The van der Waals surface area contributed by atoms with Crippen LogP contribution in [0, 0.1) is 0 Å². The van der Waals surface area contributed by atoms with Gasteiger partial charge in [-0.1, -0.05) is 89.9 Å². The third-order valence-electron chi connectivity index (χ3n) is 6.79. The van der Waals surface area contributed by atoms with Crippen LogP contribution in [0.4, 0.5) is 0 Å². The van der Waals surface area contributed by atoms with Gasteiger partial charge in [-0.3, -0.25) is 9.58 Å². The van der Waals surface area contributed by atoms with E-state index in [1.807, 2.05) is 23.0 Å². The van der Waals surface area contributed by atoms with Crippen molar-refractivity contribution in [3.8, 4) is 0 Å². The summed E-state index contributed by atoms with van der Waals surface area (Å²) in [6.45, 7) is 3.58. The van der Waals surface area contributed by atoms with Crippen molar-refractivity contribution in [3.63, 3.8) is 0 Å². The van der Waals surface area contributed by atoms with Crippen LogP contribution in [0.15, 0.2) is 91.1 Å². The summed E-state index contributed by atoms with van der Waals surface area (Å²) in [4.78, 5) is 2.52. The average Bonchev–Trinajstić information content (AvgIpc) is 3.29. The lowest BCUT2D eigenvalue weighted by Crippen LogP contribution is -2.43. The summed E-state index contributed by atoms with van der Waals surface area (Å²) in [5.41, 5.74) is 5.01. The van der Waals surface area contributed by atoms with Crippen molar-refractivity contribution in [3.05, 3.63) is 124 Å². The fraction of sp³-hybridized carbons (Fsp3) is 0.250. The molecule has 7 heteroatoms. The monoisotopic (exact) mass is 547 g/mol. The summed E-state index contributed by atoms with van der Waals surface area (Å²) in [6, 6.07) is 29.7. The topological polar surface area (TPSA) is 21.1 Å². The van der Waals surface area contributed by atoms with E-state index in [1.165, 1.54) is 11.1 Å². The van der Waals surface area contributed by atoms with Crippen LogP contribution in [-0.4, -0.2) is 27.8 Å². The molecule has 5 rings (SSSR count). The van der Waals surface area contributed by atoms with Crippen LogP contribution in [0.25, 0.3) is 0 Å². The molecule has 0 N–H and O–H groups in total. The van der Waals surface area contributed by atoms with E-state index >= 15 is 0 Å². The Labute approximate surface area is 229 Å². The van der Waals surface area contributed by atoms with E-state index in [0.717, 1.165) is 43.7 Å². The first kappa shape index (κ1) is 27.6. The molecule has 1 aliphatic heterocycles. The molecular formula is C28H29Cl4N3. The normalized spacial score (nSPS) is 15.1. The standard InChI is InChI=1S/C28H27Cl2N3.2ClH/c29-25-12-11-22(27(30)19-25)20-33-16-13-26(31-33)21-32-17-14-28(15-18-32,23-7-3-1-4-8-23)24-9-5-2-6-10-24;;/h1-13,16,19H,14-15,17-18,20-21H2;2*1H. The number of rotatable bonds is 6. The number of likely N-dealkylation sites (tertiary alicyclic amines) is 1. The first-order chi connectivity index (χ1) is 16.1. The maximum absolute atomic E-state index is 6.34. The summed E-state index contributed by atoms with van der Waals surface area (Å²) in [6.07, 6.45) is 4.23. The lowest BCUT2D eigenvalue weighted by Gasteiger charge is -2.42. The van der Waals surface area contributed by atoms with Crippen molar-refractivity contribution < 1.29 is 0 Å². The minimum absolute atomic E-state index is 0. The van der Waals surface area contributed by atoms with Crippen molar-refractivity contribution in [2.75, 3.05) is 13.1 Å². The van der Waals surface area contributed by atoms with Gasteiger partial charge in [-0.25, -0.2) is 0 Å². The number of benzene rings is 3. The second-order valence-electron chi connectivity index (χ2n) is 8.83. The van der Waals surface area contributed by atoms with Gasteiger partial charge in [-0.05, 0) is 60.8 Å². The predicted molar refractivity (Wildman–Crippen MR) is 150 cm³/mol. The molecule has 0 atom stereocenters. The first-order valence-electron chi connectivity index (χ1n) is 11.4. The number of piperidine rings is 1. The van der Waals surface area contributed by atoms with E-state index in [2.05, 4.69) is 71.6 Å². The average molecular weight is 549 g/mol. The Kier molecular flexibility index (Phi) is 9.69. The van der Waals surface area contributed by atoms with E-state index in [4.69, 9.17) is 28.3 Å². The molecule has 1 aliphatic rings. The molecule has 0 spiro atoms. The zero-order valence-corrected chi connectivity index (χ0v) is 22.5. The minimum Gasteiger partial charge on any atom is -0.297 e. The number of halogens is 4. The fourth-order valence-electron chi connectivity index (χ4n) is 4.98. The zero-order valence-electron chi connectivity index (χ0n) is 19.3. The van der Waals surface area contributed by atoms with Gasteiger partial charge in [0.15, 0.2) is 0 Å². The van der Waals surface area contributed by atoms with Crippen molar-refractivity contribution in [1.82, 2.24) is 14.7 Å². The van der Waals surface area contributed by atoms with Gasteiger partial charge in [0.1, 0.15) is 0 Å². The van der Waals surface area contributed by atoms with Crippen LogP contribution in [0.1, 0.15) is 35.2 Å². The Morgan fingerprint density at radius 2 is 1.34 bits per heavy atom.